The molecule has 0 spiro atoms. The third kappa shape index (κ3) is 2.09. The second-order valence-corrected chi connectivity index (χ2v) is 1.75. The lowest BCUT2D eigenvalue weighted by molar-refractivity contribution is 0.889. The zero-order valence-electron chi connectivity index (χ0n) is 4.65. The van der Waals surface area contributed by atoms with Crippen LogP contribution in [0.15, 0.2) is 0 Å². The first-order valence-corrected chi connectivity index (χ1v) is 2.27. The lowest BCUT2D eigenvalue weighted by Gasteiger charge is -1.95. The van der Waals surface area contributed by atoms with E-state index in [9.17, 15) is 0 Å². The molecular formula is C5H10N2. The van der Waals surface area contributed by atoms with E-state index in [4.69, 9.17) is 10.8 Å². The number of nitrogens with one attached hydrogen (secondary N) is 2. The molecule has 2 heteroatoms. The molecule has 0 aliphatic carbocycles. The Morgan fingerprint density at radius 3 is 2.00 bits per heavy atom. The van der Waals surface area contributed by atoms with Gasteiger partial charge >= 0.3 is 0 Å². The normalized spacial score (nSPS) is 9.00. The largest absolute Gasteiger partial charge is 0.307 e. The fourth-order valence-electron chi connectivity index (χ4n) is 0.167. The minimum Gasteiger partial charge on any atom is -0.307 e. The molecule has 0 rings (SSSR count). The second-order valence-electron chi connectivity index (χ2n) is 1.75. The van der Waals surface area contributed by atoms with E-state index in [0.29, 0.717) is 5.71 Å². The fourth-order valence-corrected chi connectivity index (χ4v) is 0.167. The summed E-state index contributed by atoms with van der Waals surface area (Å²) < 4.78 is 0. The maximum Gasteiger partial charge on any atom is 0.0514 e. The van der Waals surface area contributed by atoms with Crippen molar-refractivity contribution in [1.29, 1.82) is 10.8 Å². The van der Waals surface area contributed by atoms with Crippen molar-refractivity contribution in [3.05, 3.63) is 0 Å². The van der Waals surface area contributed by atoms with Crippen molar-refractivity contribution in [2.24, 2.45) is 5.92 Å². The van der Waals surface area contributed by atoms with E-state index in [0.717, 1.165) is 6.21 Å². The van der Waals surface area contributed by atoms with Crippen LogP contribution in [0.4, 0.5) is 0 Å². The van der Waals surface area contributed by atoms with E-state index >= 15 is 0 Å². The first kappa shape index (κ1) is 6.34. The zero-order chi connectivity index (χ0) is 5.86. The lowest BCUT2D eigenvalue weighted by Crippen LogP contribution is -2.05. The Hall–Kier alpha value is -0.660. The SMILES string of the molecule is CC(C)C(=N)C=N. The average Bonchev–Trinajstić information content (AvgIpc) is 1.65. The minimum absolute atomic E-state index is 0.206. The van der Waals surface area contributed by atoms with E-state index in [2.05, 4.69) is 0 Å². The number of rotatable bonds is 2. The van der Waals surface area contributed by atoms with Crippen molar-refractivity contribution in [2.45, 2.75) is 13.8 Å². The Morgan fingerprint density at radius 1 is 1.57 bits per heavy atom. The monoisotopic (exact) mass is 98.1 g/mol. The van der Waals surface area contributed by atoms with Crippen LogP contribution >= 0.6 is 0 Å². The van der Waals surface area contributed by atoms with Gasteiger partial charge in [0, 0.05) is 6.21 Å². The summed E-state index contributed by atoms with van der Waals surface area (Å²) in [4.78, 5) is 0. The van der Waals surface area contributed by atoms with Gasteiger partial charge in [-0.3, -0.25) is 0 Å². The minimum atomic E-state index is 0.206. The molecule has 0 aliphatic heterocycles. The van der Waals surface area contributed by atoms with E-state index in [-0.39, 0.29) is 5.92 Å². The lowest BCUT2D eigenvalue weighted by atomic mass is 10.1. The molecule has 7 heavy (non-hydrogen) atoms. The van der Waals surface area contributed by atoms with Crippen molar-refractivity contribution >= 4 is 11.9 Å². The molecule has 0 radical (unpaired) electrons. The molecule has 0 bridgehead atoms. The van der Waals surface area contributed by atoms with E-state index < -0.39 is 0 Å². The molecule has 0 saturated carbocycles. The van der Waals surface area contributed by atoms with Gasteiger partial charge in [-0.05, 0) is 5.92 Å². The first-order valence-electron chi connectivity index (χ1n) is 2.27. The predicted molar refractivity (Wildman–Crippen MR) is 31.3 cm³/mol. The molecule has 0 aromatic carbocycles. The quantitative estimate of drug-likeness (QED) is 0.489. The molecule has 0 aromatic rings. The van der Waals surface area contributed by atoms with Crippen molar-refractivity contribution in [3.8, 4) is 0 Å². The van der Waals surface area contributed by atoms with E-state index in [1.807, 2.05) is 13.8 Å². The van der Waals surface area contributed by atoms with Crippen molar-refractivity contribution in [3.63, 3.8) is 0 Å². The Kier molecular flexibility index (Phi) is 2.27. The summed E-state index contributed by atoms with van der Waals surface area (Å²) in [7, 11) is 0. The number of hydrogen-bond acceptors (Lipinski definition) is 2. The van der Waals surface area contributed by atoms with Crippen molar-refractivity contribution in [1.82, 2.24) is 0 Å². The van der Waals surface area contributed by atoms with Gasteiger partial charge in [0.1, 0.15) is 0 Å². The molecule has 0 aliphatic rings. The van der Waals surface area contributed by atoms with Crippen LogP contribution in [0.3, 0.4) is 0 Å². The highest BCUT2D eigenvalue weighted by molar-refractivity contribution is 6.28. The fraction of sp³-hybridized carbons (Fsp3) is 0.600. The Balaban J connectivity index is 3.56. The molecule has 0 aromatic heterocycles. The molecule has 40 valence electrons. The molecule has 0 unspecified atom stereocenters. The van der Waals surface area contributed by atoms with Crippen LogP contribution in [-0.4, -0.2) is 11.9 Å². The smallest absolute Gasteiger partial charge is 0.0514 e. The molecule has 0 heterocycles. The van der Waals surface area contributed by atoms with Gasteiger partial charge in [-0.15, -0.1) is 0 Å². The average molecular weight is 98.1 g/mol. The van der Waals surface area contributed by atoms with Crippen LogP contribution in [0.25, 0.3) is 0 Å². The summed E-state index contributed by atoms with van der Waals surface area (Å²) in [6.07, 6.45) is 1.07. The van der Waals surface area contributed by atoms with Gasteiger partial charge in [0.15, 0.2) is 0 Å². The highest BCUT2D eigenvalue weighted by Gasteiger charge is 1.94. The van der Waals surface area contributed by atoms with Crippen LogP contribution in [0.5, 0.6) is 0 Å². The van der Waals surface area contributed by atoms with Crippen molar-refractivity contribution < 1.29 is 0 Å². The van der Waals surface area contributed by atoms with Gasteiger partial charge in [-0.1, -0.05) is 13.8 Å². The summed E-state index contributed by atoms with van der Waals surface area (Å²) >= 11 is 0. The van der Waals surface area contributed by atoms with Gasteiger partial charge in [0.2, 0.25) is 0 Å². The maximum atomic E-state index is 6.95. The highest BCUT2D eigenvalue weighted by Crippen LogP contribution is 1.89. The van der Waals surface area contributed by atoms with E-state index in [1.165, 1.54) is 0 Å². The topological polar surface area (TPSA) is 47.7 Å². The van der Waals surface area contributed by atoms with Gasteiger partial charge in [-0.2, -0.15) is 0 Å². The molecular weight excluding hydrogens is 88.1 g/mol. The number of hydrogen-bond donors (Lipinski definition) is 2. The third-order valence-corrected chi connectivity index (χ3v) is 0.778. The molecule has 2 nitrogen and oxygen atoms in total. The van der Waals surface area contributed by atoms with Gasteiger partial charge < -0.3 is 10.8 Å². The Labute approximate surface area is 43.6 Å². The summed E-state index contributed by atoms with van der Waals surface area (Å²) in [6, 6.07) is 0. The maximum absolute atomic E-state index is 6.95. The van der Waals surface area contributed by atoms with Crippen LogP contribution in [0.2, 0.25) is 0 Å². The van der Waals surface area contributed by atoms with Crippen LogP contribution in [-0.2, 0) is 0 Å². The van der Waals surface area contributed by atoms with Crippen molar-refractivity contribution in [2.75, 3.05) is 0 Å². The van der Waals surface area contributed by atoms with Gasteiger partial charge in [0.25, 0.3) is 0 Å². The van der Waals surface area contributed by atoms with Gasteiger partial charge in [-0.25, -0.2) is 0 Å². The van der Waals surface area contributed by atoms with E-state index in [1.54, 1.807) is 0 Å². The first-order chi connectivity index (χ1) is 3.18. The standard InChI is InChI=1S/C5H10N2/c1-4(2)5(7)3-6/h3-4,6-7H,1-2H3. The van der Waals surface area contributed by atoms with Crippen LogP contribution < -0.4 is 0 Å². The second kappa shape index (κ2) is 2.50. The van der Waals surface area contributed by atoms with Crippen LogP contribution in [0, 0.1) is 16.7 Å². The Bertz CT molecular complexity index is 84.1. The molecule has 0 saturated heterocycles. The predicted octanol–water partition coefficient (Wildman–Crippen LogP) is 1.31. The summed E-state index contributed by atoms with van der Waals surface area (Å²) in [5.74, 6) is 0.206. The molecule has 0 atom stereocenters. The third-order valence-electron chi connectivity index (χ3n) is 0.778. The highest BCUT2D eigenvalue weighted by atomic mass is 14.5. The zero-order valence-corrected chi connectivity index (χ0v) is 4.65. The summed E-state index contributed by atoms with van der Waals surface area (Å²) in [6.45, 7) is 3.79. The summed E-state index contributed by atoms with van der Waals surface area (Å²) in [5.41, 5.74) is 0.389. The Morgan fingerprint density at radius 2 is 2.00 bits per heavy atom. The van der Waals surface area contributed by atoms with Crippen LogP contribution in [0.1, 0.15) is 13.8 Å². The molecule has 0 fully saturated rings. The molecule has 0 amide bonds. The van der Waals surface area contributed by atoms with Gasteiger partial charge in [0.05, 0.1) is 5.71 Å². The summed E-state index contributed by atoms with van der Waals surface area (Å²) in [5, 5.41) is 13.5. The molecule has 2 N–H and O–H groups in total.